The van der Waals surface area contributed by atoms with Gasteiger partial charge in [-0.3, -0.25) is 4.79 Å². The number of rotatable bonds is 4. The molecule has 2 aromatic carbocycles. The van der Waals surface area contributed by atoms with Crippen molar-refractivity contribution in [3.05, 3.63) is 65.2 Å². The van der Waals surface area contributed by atoms with Gasteiger partial charge in [-0.2, -0.15) is 0 Å². The highest BCUT2D eigenvalue weighted by molar-refractivity contribution is 7.13. The van der Waals surface area contributed by atoms with Crippen LogP contribution in [0.2, 0.25) is 0 Å². The fraction of sp³-hybridized carbons (Fsp3) is 0.333. The van der Waals surface area contributed by atoms with Crippen LogP contribution in [-0.2, 0) is 11.2 Å². The number of hydrogen-bond acceptors (Lipinski definition) is 5. The first-order valence-electron chi connectivity index (χ1n) is 10.5. The van der Waals surface area contributed by atoms with Gasteiger partial charge < -0.3 is 14.4 Å². The quantitative estimate of drug-likeness (QED) is 0.604. The Morgan fingerprint density at radius 2 is 1.90 bits per heavy atom. The molecule has 2 aliphatic rings. The van der Waals surface area contributed by atoms with E-state index in [0.29, 0.717) is 19.6 Å². The van der Waals surface area contributed by atoms with Gasteiger partial charge in [0.05, 0.1) is 31.4 Å². The SMILES string of the molecule is O=C(Cc1csc(-c2ccccc2)n1)N1CCCC1c1ccc2c(c1)OCCCO2. The summed E-state index contributed by atoms with van der Waals surface area (Å²) in [6.07, 6.45) is 3.20. The normalized spacial score (nSPS) is 18.3. The molecular weight excluding hydrogens is 396 g/mol. The van der Waals surface area contributed by atoms with Gasteiger partial charge in [-0.1, -0.05) is 36.4 Å². The molecule has 2 aliphatic heterocycles. The van der Waals surface area contributed by atoms with E-state index in [-0.39, 0.29) is 11.9 Å². The highest BCUT2D eigenvalue weighted by atomic mass is 32.1. The van der Waals surface area contributed by atoms with Gasteiger partial charge >= 0.3 is 0 Å². The van der Waals surface area contributed by atoms with Crippen LogP contribution in [0.25, 0.3) is 10.6 Å². The molecule has 3 heterocycles. The van der Waals surface area contributed by atoms with Crippen molar-refractivity contribution in [3.8, 4) is 22.1 Å². The number of aromatic nitrogens is 1. The monoisotopic (exact) mass is 420 g/mol. The molecule has 0 N–H and O–H groups in total. The molecular formula is C24H24N2O3S. The Balaban J connectivity index is 1.31. The summed E-state index contributed by atoms with van der Waals surface area (Å²) in [5, 5.41) is 2.96. The fourth-order valence-corrected chi connectivity index (χ4v) is 4.98. The third-order valence-corrected chi connectivity index (χ3v) is 6.57. The van der Waals surface area contributed by atoms with Crippen molar-refractivity contribution in [1.82, 2.24) is 9.88 Å². The highest BCUT2D eigenvalue weighted by Gasteiger charge is 2.31. The van der Waals surface area contributed by atoms with Crippen molar-refractivity contribution in [2.45, 2.75) is 31.7 Å². The molecule has 1 amide bonds. The number of nitrogens with zero attached hydrogens (tertiary/aromatic N) is 2. The van der Waals surface area contributed by atoms with E-state index in [1.165, 1.54) is 0 Å². The predicted molar refractivity (Wildman–Crippen MR) is 117 cm³/mol. The smallest absolute Gasteiger partial charge is 0.229 e. The summed E-state index contributed by atoms with van der Waals surface area (Å²) in [7, 11) is 0. The van der Waals surface area contributed by atoms with Crippen LogP contribution < -0.4 is 9.47 Å². The predicted octanol–water partition coefficient (Wildman–Crippen LogP) is 4.88. The number of carbonyl (C=O) groups excluding carboxylic acids is 1. The molecule has 0 saturated carbocycles. The van der Waals surface area contributed by atoms with E-state index in [2.05, 4.69) is 6.07 Å². The van der Waals surface area contributed by atoms with Crippen molar-refractivity contribution < 1.29 is 14.3 Å². The Labute approximate surface area is 180 Å². The van der Waals surface area contributed by atoms with E-state index in [4.69, 9.17) is 14.5 Å². The first-order valence-corrected chi connectivity index (χ1v) is 11.3. The van der Waals surface area contributed by atoms with Crippen LogP contribution in [0, 0.1) is 0 Å². The number of carbonyl (C=O) groups is 1. The highest BCUT2D eigenvalue weighted by Crippen LogP contribution is 2.38. The standard InChI is InChI=1S/C24H24N2O3S/c27-23(15-19-16-30-24(25-19)17-6-2-1-3-7-17)26-11-4-8-20(26)18-9-10-21-22(14-18)29-13-5-12-28-21/h1-3,6-7,9-10,14,16,20H,4-5,8,11-13,15H2. The Morgan fingerprint density at radius 1 is 1.07 bits per heavy atom. The number of hydrogen-bond donors (Lipinski definition) is 0. The van der Waals surface area contributed by atoms with Gasteiger partial charge in [0.1, 0.15) is 5.01 Å². The van der Waals surface area contributed by atoms with Gasteiger partial charge in [0.2, 0.25) is 5.91 Å². The number of likely N-dealkylation sites (tertiary alicyclic amines) is 1. The Morgan fingerprint density at radius 3 is 2.77 bits per heavy atom. The number of thiazole rings is 1. The van der Waals surface area contributed by atoms with Crippen LogP contribution in [-0.4, -0.2) is 35.5 Å². The molecule has 0 bridgehead atoms. The van der Waals surface area contributed by atoms with E-state index in [0.717, 1.165) is 59.1 Å². The average Bonchev–Trinajstić information content (AvgIpc) is 3.39. The van der Waals surface area contributed by atoms with E-state index in [9.17, 15) is 4.79 Å². The van der Waals surface area contributed by atoms with Crippen LogP contribution in [0.4, 0.5) is 0 Å². The van der Waals surface area contributed by atoms with Crippen molar-refractivity contribution in [1.29, 1.82) is 0 Å². The van der Waals surface area contributed by atoms with Gasteiger partial charge in [-0.15, -0.1) is 11.3 Å². The Hall–Kier alpha value is -2.86. The lowest BCUT2D eigenvalue weighted by molar-refractivity contribution is -0.131. The fourth-order valence-electron chi connectivity index (χ4n) is 4.16. The lowest BCUT2D eigenvalue weighted by Crippen LogP contribution is -2.31. The molecule has 6 heteroatoms. The maximum atomic E-state index is 13.1. The van der Waals surface area contributed by atoms with E-state index < -0.39 is 0 Å². The van der Waals surface area contributed by atoms with E-state index in [1.54, 1.807) is 11.3 Å². The summed E-state index contributed by atoms with van der Waals surface area (Å²) in [6.45, 7) is 2.13. The minimum Gasteiger partial charge on any atom is -0.490 e. The number of benzene rings is 2. The lowest BCUT2D eigenvalue weighted by atomic mass is 10.0. The molecule has 30 heavy (non-hydrogen) atoms. The third-order valence-electron chi connectivity index (χ3n) is 5.63. The van der Waals surface area contributed by atoms with Crippen molar-refractivity contribution in [3.63, 3.8) is 0 Å². The summed E-state index contributed by atoms with van der Waals surface area (Å²) in [5.74, 6) is 1.72. The van der Waals surface area contributed by atoms with Crippen LogP contribution >= 0.6 is 11.3 Å². The maximum absolute atomic E-state index is 13.1. The molecule has 0 spiro atoms. The number of amides is 1. The van der Waals surface area contributed by atoms with Crippen molar-refractivity contribution in [2.24, 2.45) is 0 Å². The number of ether oxygens (including phenoxy) is 2. The van der Waals surface area contributed by atoms with Crippen LogP contribution in [0.3, 0.4) is 0 Å². The zero-order valence-corrected chi connectivity index (χ0v) is 17.6. The summed E-state index contributed by atoms with van der Waals surface area (Å²) in [4.78, 5) is 19.8. The summed E-state index contributed by atoms with van der Waals surface area (Å²) in [6, 6.07) is 16.3. The Bertz CT molecular complexity index is 1030. The maximum Gasteiger partial charge on any atom is 0.229 e. The molecule has 1 saturated heterocycles. The number of fused-ring (bicyclic) bond motifs is 1. The summed E-state index contributed by atoms with van der Waals surface area (Å²) >= 11 is 1.59. The van der Waals surface area contributed by atoms with Gasteiger partial charge in [0, 0.05) is 23.9 Å². The zero-order chi connectivity index (χ0) is 20.3. The molecule has 0 aliphatic carbocycles. The van der Waals surface area contributed by atoms with E-state index >= 15 is 0 Å². The second-order valence-electron chi connectivity index (χ2n) is 7.69. The van der Waals surface area contributed by atoms with Crippen molar-refractivity contribution in [2.75, 3.05) is 19.8 Å². The Kier molecular flexibility index (Phi) is 5.41. The van der Waals surface area contributed by atoms with E-state index in [1.807, 2.05) is 52.7 Å². The molecule has 5 nitrogen and oxygen atoms in total. The van der Waals surface area contributed by atoms with Gasteiger partial charge in [0.15, 0.2) is 11.5 Å². The van der Waals surface area contributed by atoms with Crippen LogP contribution in [0.15, 0.2) is 53.9 Å². The molecule has 3 aromatic rings. The molecule has 1 unspecified atom stereocenters. The molecule has 1 fully saturated rings. The molecule has 154 valence electrons. The largest absolute Gasteiger partial charge is 0.490 e. The zero-order valence-electron chi connectivity index (χ0n) is 16.8. The third kappa shape index (κ3) is 3.92. The molecule has 1 atom stereocenters. The first-order chi connectivity index (χ1) is 14.8. The summed E-state index contributed by atoms with van der Waals surface area (Å²) < 4.78 is 11.6. The van der Waals surface area contributed by atoms with Crippen LogP contribution in [0.1, 0.15) is 36.6 Å². The van der Waals surface area contributed by atoms with Crippen molar-refractivity contribution >= 4 is 17.2 Å². The molecule has 1 aromatic heterocycles. The minimum absolute atomic E-state index is 0.0851. The van der Waals surface area contributed by atoms with Crippen LogP contribution in [0.5, 0.6) is 11.5 Å². The first kappa shape index (κ1) is 19.1. The molecule has 5 rings (SSSR count). The topological polar surface area (TPSA) is 51.7 Å². The summed E-state index contributed by atoms with van der Waals surface area (Å²) in [5.41, 5.74) is 3.05. The van der Waals surface area contributed by atoms with Gasteiger partial charge in [-0.25, -0.2) is 4.98 Å². The average molecular weight is 421 g/mol. The van der Waals surface area contributed by atoms with Gasteiger partial charge in [0.25, 0.3) is 0 Å². The lowest BCUT2D eigenvalue weighted by Gasteiger charge is -2.25. The van der Waals surface area contributed by atoms with Gasteiger partial charge in [-0.05, 0) is 30.5 Å². The second-order valence-corrected chi connectivity index (χ2v) is 8.55. The minimum atomic E-state index is 0.0851. The molecule has 0 radical (unpaired) electrons. The second kappa shape index (κ2) is 8.48.